The number of anilines is 6. The van der Waals surface area contributed by atoms with Crippen LogP contribution < -0.4 is 21.6 Å². The van der Waals surface area contributed by atoms with Crippen molar-refractivity contribution in [2.75, 3.05) is 21.6 Å². The maximum absolute atomic E-state index is 9.33. The maximum atomic E-state index is 9.33. The van der Waals surface area contributed by atoms with E-state index in [1.807, 2.05) is 30.3 Å². The van der Waals surface area contributed by atoms with Gasteiger partial charge in [-0.05, 0) is 24.3 Å². The lowest BCUT2D eigenvalue weighted by atomic mass is 10.3. The summed E-state index contributed by atoms with van der Waals surface area (Å²) in [6.07, 6.45) is 1.39. The van der Waals surface area contributed by atoms with Crippen molar-refractivity contribution >= 4 is 34.8 Å². The predicted octanol–water partition coefficient (Wildman–Crippen LogP) is 2.71. The summed E-state index contributed by atoms with van der Waals surface area (Å²) in [6.45, 7) is 0. The average molecular weight is 391 g/mol. The monoisotopic (exact) mass is 391 g/mol. The molecule has 6 N–H and O–H groups in total. The third-order valence-corrected chi connectivity index (χ3v) is 3.91. The Bertz CT molecular complexity index is 1120. The van der Waals surface area contributed by atoms with Crippen molar-refractivity contribution in [2.24, 2.45) is 0 Å². The van der Waals surface area contributed by atoms with Gasteiger partial charge in [-0.25, -0.2) is 9.97 Å². The molecule has 0 saturated carbocycles. The lowest BCUT2D eigenvalue weighted by molar-refractivity contribution is 0.0296. The lowest BCUT2D eigenvalue weighted by Gasteiger charge is -2.12. The highest BCUT2D eigenvalue weighted by molar-refractivity contribution is 5.71. The number of nitrogens with two attached hydrogens (primary N) is 1. The molecule has 0 atom stereocenters. The Morgan fingerprint density at radius 1 is 0.931 bits per heavy atom. The average Bonchev–Trinajstić information content (AvgIpc) is 3.09. The Kier molecular flexibility index (Phi) is 4.88. The highest BCUT2D eigenvalue weighted by Gasteiger charge is 2.14. The van der Waals surface area contributed by atoms with Gasteiger partial charge in [0.25, 0.3) is 0 Å². The smallest absolute Gasteiger partial charge is 0.248 e. The first-order valence-electron chi connectivity index (χ1n) is 8.51. The standard InChI is InChI=1S/C18H17N9O2/c19-17-24-18(23-13-8-4-5-9-14(13)27(28)29)25-26(17)16-10-15(20-11-21-16)22-12-6-2-1-3-7-12/h1-11,28-29H,(H,20,21,22)(H3,19,23,24,25). The fourth-order valence-corrected chi connectivity index (χ4v) is 2.62. The van der Waals surface area contributed by atoms with Crippen molar-refractivity contribution < 1.29 is 10.4 Å². The molecule has 0 aliphatic heterocycles. The number of hydrogen-bond acceptors (Lipinski definition) is 10. The minimum absolute atomic E-state index is 0.00856. The Balaban J connectivity index is 1.59. The van der Waals surface area contributed by atoms with Gasteiger partial charge in [0.2, 0.25) is 11.9 Å². The normalized spacial score (nSPS) is 10.6. The molecule has 0 spiro atoms. The summed E-state index contributed by atoms with van der Waals surface area (Å²) in [7, 11) is 0. The zero-order valence-corrected chi connectivity index (χ0v) is 15.0. The maximum Gasteiger partial charge on any atom is 0.248 e. The molecule has 4 aromatic rings. The fraction of sp³-hybridized carbons (Fsp3) is 0. The molecule has 0 fully saturated rings. The van der Waals surface area contributed by atoms with E-state index >= 15 is 0 Å². The van der Waals surface area contributed by atoms with Crippen LogP contribution in [0.2, 0.25) is 0 Å². The van der Waals surface area contributed by atoms with Gasteiger partial charge in [-0.15, -0.1) is 10.3 Å². The van der Waals surface area contributed by atoms with Gasteiger partial charge >= 0.3 is 0 Å². The molecule has 0 unspecified atom stereocenters. The number of para-hydroxylation sites is 3. The van der Waals surface area contributed by atoms with Gasteiger partial charge in [0.15, 0.2) is 5.82 Å². The van der Waals surface area contributed by atoms with Crippen LogP contribution in [0.1, 0.15) is 0 Å². The first-order chi connectivity index (χ1) is 14.1. The second-order valence-corrected chi connectivity index (χ2v) is 5.89. The molecule has 2 heterocycles. The minimum Gasteiger partial charge on any atom is -0.368 e. The summed E-state index contributed by atoms with van der Waals surface area (Å²) in [4.78, 5) is 12.5. The number of nitrogens with one attached hydrogen (secondary N) is 2. The summed E-state index contributed by atoms with van der Waals surface area (Å²) in [5.74, 6) is 1.23. The molecule has 0 saturated heterocycles. The van der Waals surface area contributed by atoms with Crippen LogP contribution in [-0.2, 0) is 0 Å². The number of rotatable bonds is 6. The Labute approximate surface area is 165 Å². The zero-order valence-electron chi connectivity index (χ0n) is 15.0. The summed E-state index contributed by atoms with van der Waals surface area (Å²) >= 11 is 0. The van der Waals surface area contributed by atoms with Crippen molar-refractivity contribution in [2.45, 2.75) is 0 Å². The Morgan fingerprint density at radius 3 is 2.48 bits per heavy atom. The summed E-state index contributed by atoms with van der Waals surface area (Å²) in [5.41, 5.74) is 7.36. The molecular weight excluding hydrogens is 374 g/mol. The molecule has 146 valence electrons. The second kappa shape index (κ2) is 7.80. The summed E-state index contributed by atoms with van der Waals surface area (Å²) in [6, 6.07) is 17.8. The largest absolute Gasteiger partial charge is 0.368 e. The van der Waals surface area contributed by atoms with Crippen LogP contribution in [0.4, 0.5) is 34.8 Å². The van der Waals surface area contributed by atoms with Crippen molar-refractivity contribution in [1.82, 2.24) is 24.7 Å². The SMILES string of the molecule is Nc1nc(Nc2ccccc2N(O)O)nn1-c1cc(Nc2ccccc2)ncn1. The van der Waals surface area contributed by atoms with Gasteiger partial charge in [0.05, 0.1) is 5.69 Å². The van der Waals surface area contributed by atoms with Crippen LogP contribution in [0.25, 0.3) is 5.82 Å². The topological polar surface area (TPSA) is 150 Å². The number of benzene rings is 2. The molecule has 4 rings (SSSR count). The first-order valence-corrected chi connectivity index (χ1v) is 8.51. The van der Waals surface area contributed by atoms with Gasteiger partial charge in [0.1, 0.15) is 17.8 Å². The summed E-state index contributed by atoms with van der Waals surface area (Å²) in [5, 5.41) is 29.0. The van der Waals surface area contributed by atoms with Gasteiger partial charge in [0, 0.05) is 11.8 Å². The van der Waals surface area contributed by atoms with Crippen LogP contribution in [0.3, 0.4) is 0 Å². The molecule has 0 bridgehead atoms. The Hall–Kier alpha value is -4.22. The predicted molar refractivity (Wildman–Crippen MR) is 107 cm³/mol. The van der Waals surface area contributed by atoms with Crippen LogP contribution in [-0.4, -0.2) is 35.1 Å². The zero-order chi connectivity index (χ0) is 20.2. The van der Waals surface area contributed by atoms with E-state index in [0.717, 1.165) is 5.69 Å². The highest BCUT2D eigenvalue weighted by Crippen LogP contribution is 2.26. The van der Waals surface area contributed by atoms with Crippen LogP contribution >= 0.6 is 0 Å². The van der Waals surface area contributed by atoms with E-state index in [-0.39, 0.29) is 22.8 Å². The van der Waals surface area contributed by atoms with E-state index in [1.165, 1.54) is 17.1 Å². The van der Waals surface area contributed by atoms with E-state index in [1.54, 1.807) is 24.3 Å². The van der Waals surface area contributed by atoms with Crippen molar-refractivity contribution in [3.8, 4) is 5.82 Å². The Morgan fingerprint density at radius 2 is 1.69 bits per heavy atom. The van der Waals surface area contributed by atoms with E-state index in [4.69, 9.17) is 5.73 Å². The molecule has 0 aliphatic carbocycles. The number of nitrogen functional groups attached to an aromatic ring is 1. The molecule has 11 nitrogen and oxygen atoms in total. The van der Waals surface area contributed by atoms with Crippen LogP contribution in [0.5, 0.6) is 0 Å². The summed E-state index contributed by atoms with van der Waals surface area (Å²) < 4.78 is 1.35. The molecule has 2 aromatic carbocycles. The third kappa shape index (κ3) is 4.05. The molecule has 29 heavy (non-hydrogen) atoms. The van der Waals surface area contributed by atoms with Crippen molar-refractivity contribution in [1.29, 1.82) is 0 Å². The molecule has 0 radical (unpaired) electrons. The van der Waals surface area contributed by atoms with E-state index in [9.17, 15) is 10.4 Å². The molecule has 0 amide bonds. The van der Waals surface area contributed by atoms with E-state index < -0.39 is 0 Å². The second-order valence-electron chi connectivity index (χ2n) is 5.89. The van der Waals surface area contributed by atoms with E-state index in [2.05, 4.69) is 30.7 Å². The van der Waals surface area contributed by atoms with Gasteiger partial charge in [-0.3, -0.25) is 10.4 Å². The molecule has 0 aliphatic rings. The highest BCUT2D eigenvalue weighted by atomic mass is 16.8. The molecular formula is C18H17N9O2. The van der Waals surface area contributed by atoms with Crippen molar-refractivity contribution in [3.05, 3.63) is 67.0 Å². The number of aromatic nitrogens is 5. The quantitative estimate of drug-likeness (QED) is 0.310. The fourth-order valence-electron chi connectivity index (χ4n) is 2.62. The molecule has 2 aromatic heterocycles. The third-order valence-electron chi connectivity index (χ3n) is 3.91. The van der Waals surface area contributed by atoms with Gasteiger partial charge in [-0.2, -0.15) is 9.67 Å². The van der Waals surface area contributed by atoms with Crippen molar-refractivity contribution in [3.63, 3.8) is 0 Å². The van der Waals surface area contributed by atoms with E-state index in [0.29, 0.717) is 17.3 Å². The molecule has 11 heteroatoms. The van der Waals surface area contributed by atoms with Gasteiger partial charge < -0.3 is 16.4 Å². The van der Waals surface area contributed by atoms with Crippen LogP contribution in [0.15, 0.2) is 67.0 Å². The van der Waals surface area contributed by atoms with Crippen LogP contribution in [0, 0.1) is 0 Å². The minimum atomic E-state index is 0.00856. The lowest BCUT2D eigenvalue weighted by Crippen LogP contribution is -2.13. The van der Waals surface area contributed by atoms with Gasteiger partial charge in [-0.1, -0.05) is 30.3 Å². The first kappa shape index (κ1) is 18.2. The number of nitrogens with zero attached hydrogens (tertiary/aromatic N) is 6. The number of hydrogen-bond donors (Lipinski definition) is 5.